The van der Waals surface area contributed by atoms with Crippen LogP contribution < -0.4 is 32.1 Å². The van der Waals surface area contributed by atoms with Crippen molar-refractivity contribution in [2.24, 2.45) is 0 Å². The van der Waals surface area contributed by atoms with Gasteiger partial charge in [-0.25, -0.2) is 9.97 Å². The molecular weight excluding hydrogens is 520 g/mol. The molecule has 0 fully saturated rings. The van der Waals surface area contributed by atoms with Crippen molar-refractivity contribution in [1.29, 1.82) is 0 Å². The number of aryl methyl sites for hydroxylation is 3. The van der Waals surface area contributed by atoms with Crippen LogP contribution in [0.3, 0.4) is 0 Å². The van der Waals surface area contributed by atoms with Gasteiger partial charge in [-0.15, -0.1) is 0 Å². The number of benzene rings is 2. The first-order chi connectivity index (χ1) is 19.8. The predicted molar refractivity (Wildman–Crippen MR) is 155 cm³/mol. The molecule has 10 nitrogen and oxygen atoms in total. The second kappa shape index (κ2) is 10.6. The molecule has 0 unspecified atom stereocenters. The number of amides is 2. The number of rotatable bonds is 6. The van der Waals surface area contributed by atoms with Crippen LogP contribution in [-0.4, -0.2) is 28.3 Å². The monoisotopic (exact) mass is 550 g/mol. The number of anilines is 3. The Balaban J connectivity index is 1.14. The van der Waals surface area contributed by atoms with Gasteiger partial charge in [-0.1, -0.05) is 35.9 Å². The van der Waals surface area contributed by atoms with E-state index in [0.717, 1.165) is 54.5 Å². The largest absolute Gasteiger partial charge is 0.394 e. The molecule has 1 aliphatic carbocycles. The summed E-state index contributed by atoms with van der Waals surface area (Å²) >= 11 is 0. The molecule has 1 atom stereocenters. The summed E-state index contributed by atoms with van der Waals surface area (Å²) in [7, 11) is 0. The SMILES string of the molecule is Cc1ccc2c(c1)CC[C@@H]2NC(=O)c1cc(C(=O)NCc2ccc3c(c2)N(c2c(N)c(=O)c2=O)CCCC3)ncn1. The number of fused-ring (bicyclic) bond motifs is 2. The van der Waals surface area contributed by atoms with Crippen molar-refractivity contribution < 1.29 is 9.59 Å². The molecule has 2 amide bonds. The zero-order valence-electron chi connectivity index (χ0n) is 22.7. The van der Waals surface area contributed by atoms with Crippen LogP contribution in [0.1, 0.15) is 74.1 Å². The third-order valence-electron chi connectivity index (χ3n) is 7.98. The maximum atomic E-state index is 13.0. The molecule has 0 saturated carbocycles. The van der Waals surface area contributed by atoms with Crippen molar-refractivity contribution in [1.82, 2.24) is 20.6 Å². The maximum Gasteiger partial charge on any atom is 0.270 e. The summed E-state index contributed by atoms with van der Waals surface area (Å²) in [6.45, 7) is 2.83. The van der Waals surface area contributed by atoms with Gasteiger partial charge < -0.3 is 21.3 Å². The van der Waals surface area contributed by atoms with Gasteiger partial charge in [0, 0.05) is 24.8 Å². The van der Waals surface area contributed by atoms with Crippen molar-refractivity contribution in [3.63, 3.8) is 0 Å². The number of hydrogen-bond donors (Lipinski definition) is 3. The van der Waals surface area contributed by atoms with E-state index in [9.17, 15) is 19.2 Å². The Hall–Kier alpha value is -4.86. The summed E-state index contributed by atoms with van der Waals surface area (Å²) in [4.78, 5) is 60.0. The van der Waals surface area contributed by atoms with Crippen LogP contribution in [-0.2, 0) is 19.4 Å². The zero-order chi connectivity index (χ0) is 28.7. The lowest BCUT2D eigenvalue weighted by Crippen LogP contribution is -2.41. The lowest BCUT2D eigenvalue weighted by atomic mass is 10.0. The highest BCUT2D eigenvalue weighted by Crippen LogP contribution is 2.35. The average Bonchev–Trinajstić information content (AvgIpc) is 3.26. The van der Waals surface area contributed by atoms with Crippen LogP contribution >= 0.6 is 0 Å². The van der Waals surface area contributed by atoms with Crippen LogP contribution in [0.25, 0.3) is 0 Å². The van der Waals surface area contributed by atoms with Crippen LogP contribution in [0.2, 0.25) is 0 Å². The van der Waals surface area contributed by atoms with Crippen molar-refractivity contribution in [3.8, 4) is 0 Å². The average molecular weight is 551 g/mol. The molecule has 1 aliphatic heterocycles. The van der Waals surface area contributed by atoms with Crippen molar-refractivity contribution in [2.75, 3.05) is 17.2 Å². The fraction of sp³-hybridized carbons (Fsp3) is 0.290. The van der Waals surface area contributed by atoms with Crippen molar-refractivity contribution in [3.05, 3.63) is 108 Å². The molecule has 1 aromatic heterocycles. The lowest BCUT2D eigenvalue weighted by molar-refractivity contribution is 0.0931. The van der Waals surface area contributed by atoms with Gasteiger partial charge in [0.15, 0.2) is 0 Å². The highest BCUT2D eigenvalue weighted by molar-refractivity contribution is 5.97. The summed E-state index contributed by atoms with van der Waals surface area (Å²) in [5, 5.41) is 5.89. The van der Waals surface area contributed by atoms with Crippen LogP contribution in [0.4, 0.5) is 17.1 Å². The number of carbonyl (C=O) groups is 2. The number of carbonyl (C=O) groups excluding carboxylic acids is 2. The van der Waals surface area contributed by atoms with E-state index >= 15 is 0 Å². The smallest absolute Gasteiger partial charge is 0.270 e. The summed E-state index contributed by atoms with van der Waals surface area (Å²) in [6, 6.07) is 13.4. The van der Waals surface area contributed by atoms with E-state index in [1.165, 1.54) is 23.5 Å². The van der Waals surface area contributed by atoms with Gasteiger partial charge in [0.25, 0.3) is 22.7 Å². The second-order valence-electron chi connectivity index (χ2n) is 10.7. The Bertz CT molecular complexity index is 1760. The molecule has 0 radical (unpaired) electrons. The first kappa shape index (κ1) is 26.4. The standard InChI is InChI=1S/C31H30N6O4/c1-17-5-9-21-20(12-17)8-10-22(21)36-31(41)24-14-23(34-16-35-24)30(40)33-15-18-6-7-19-4-2-3-11-37(25(19)13-18)27-26(32)28(38)29(27)39/h5-7,9,12-14,16,22H,2-4,8,10-11,15,32H2,1H3,(H,33,40)(H,36,41)/t22-/m0/s1. The predicted octanol–water partition coefficient (Wildman–Crippen LogP) is 2.78. The summed E-state index contributed by atoms with van der Waals surface area (Å²) in [5.41, 5.74) is 11.3. The Morgan fingerprint density at radius 1 is 0.951 bits per heavy atom. The molecular formula is C31H30N6O4. The van der Waals surface area contributed by atoms with Gasteiger partial charge in [-0.2, -0.15) is 0 Å². The number of nitrogens with two attached hydrogens (primary N) is 1. The second-order valence-corrected chi connectivity index (χ2v) is 10.7. The Morgan fingerprint density at radius 3 is 2.56 bits per heavy atom. The highest BCUT2D eigenvalue weighted by atomic mass is 16.2. The van der Waals surface area contributed by atoms with Crippen molar-refractivity contribution in [2.45, 2.75) is 51.6 Å². The number of nitrogen functional groups attached to an aromatic ring is 1. The summed E-state index contributed by atoms with van der Waals surface area (Å²) < 4.78 is 0. The molecule has 10 heteroatoms. The van der Waals surface area contributed by atoms with E-state index in [4.69, 9.17) is 5.73 Å². The number of nitrogens with zero attached hydrogens (tertiary/aromatic N) is 3. The van der Waals surface area contributed by atoms with E-state index in [1.807, 2.05) is 29.2 Å². The highest BCUT2D eigenvalue weighted by Gasteiger charge is 2.28. The zero-order valence-corrected chi connectivity index (χ0v) is 22.7. The van der Waals surface area contributed by atoms with Gasteiger partial charge in [0.05, 0.1) is 6.04 Å². The van der Waals surface area contributed by atoms with E-state index in [-0.39, 0.29) is 41.3 Å². The molecule has 6 rings (SSSR count). The maximum absolute atomic E-state index is 13.0. The fourth-order valence-corrected chi connectivity index (χ4v) is 5.79. The van der Waals surface area contributed by atoms with Gasteiger partial charge in [0.1, 0.15) is 29.1 Å². The topological polar surface area (TPSA) is 147 Å². The third kappa shape index (κ3) is 4.97. The summed E-state index contributed by atoms with van der Waals surface area (Å²) in [5.74, 6) is -0.801. The minimum Gasteiger partial charge on any atom is -0.394 e. The van der Waals surface area contributed by atoms with Crippen LogP contribution in [0, 0.1) is 6.92 Å². The number of hydrogen-bond acceptors (Lipinski definition) is 8. The summed E-state index contributed by atoms with van der Waals surface area (Å²) in [6.07, 6.45) is 5.58. The van der Waals surface area contributed by atoms with Gasteiger partial charge >= 0.3 is 0 Å². The van der Waals surface area contributed by atoms with Crippen molar-refractivity contribution >= 4 is 28.9 Å². The number of nitrogens with one attached hydrogen (secondary N) is 2. The minimum atomic E-state index is -0.643. The number of aromatic nitrogens is 2. The molecule has 2 heterocycles. The molecule has 4 aromatic rings. The Morgan fingerprint density at radius 2 is 1.76 bits per heavy atom. The first-order valence-corrected chi connectivity index (χ1v) is 13.8. The Labute approximate surface area is 236 Å². The van der Waals surface area contributed by atoms with E-state index in [1.54, 1.807) is 0 Å². The van der Waals surface area contributed by atoms with Crippen LogP contribution in [0.5, 0.6) is 0 Å². The quantitative estimate of drug-likeness (QED) is 0.311. The van der Waals surface area contributed by atoms with Crippen LogP contribution in [0.15, 0.2) is 58.4 Å². The minimum absolute atomic E-state index is 0.00241. The van der Waals surface area contributed by atoms with E-state index < -0.39 is 16.8 Å². The molecule has 0 saturated heterocycles. The van der Waals surface area contributed by atoms with Gasteiger partial charge in [0.2, 0.25) is 0 Å². The molecule has 4 N–H and O–H groups in total. The van der Waals surface area contributed by atoms with E-state index in [0.29, 0.717) is 6.54 Å². The Kier molecular flexibility index (Phi) is 6.82. The lowest BCUT2D eigenvalue weighted by Gasteiger charge is -2.27. The molecule has 0 spiro atoms. The molecule has 2 aliphatic rings. The third-order valence-corrected chi connectivity index (χ3v) is 7.98. The first-order valence-electron chi connectivity index (χ1n) is 13.8. The normalized spacial score (nSPS) is 16.1. The molecule has 41 heavy (non-hydrogen) atoms. The van der Waals surface area contributed by atoms with Gasteiger partial charge in [-0.3, -0.25) is 19.2 Å². The van der Waals surface area contributed by atoms with E-state index in [2.05, 4.69) is 39.7 Å². The molecule has 208 valence electrons. The molecule has 3 aromatic carbocycles. The molecule has 0 bridgehead atoms. The fourth-order valence-electron chi connectivity index (χ4n) is 5.79. The van der Waals surface area contributed by atoms with Gasteiger partial charge in [-0.05, 0) is 67.3 Å².